The molecular formula is C14H9BrF2N2O. The van der Waals surface area contributed by atoms with E-state index in [1.165, 1.54) is 6.07 Å². The van der Waals surface area contributed by atoms with Crippen molar-refractivity contribution in [3.05, 3.63) is 45.9 Å². The smallest absolute Gasteiger partial charge is 0.230 e. The van der Waals surface area contributed by atoms with Gasteiger partial charge in [-0.25, -0.2) is 13.8 Å². The second kappa shape index (κ2) is 4.56. The zero-order chi connectivity index (χ0) is 14.4. The molecule has 3 rings (SSSR count). The van der Waals surface area contributed by atoms with E-state index >= 15 is 0 Å². The molecule has 6 heteroatoms. The third-order valence-corrected chi connectivity index (χ3v) is 3.42. The molecule has 0 radical (unpaired) electrons. The summed E-state index contributed by atoms with van der Waals surface area (Å²) in [6.45, 7) is 1.55. The van der Waals surface area contributed by atoms with Gasteiger partial charge < -0.3 is 10.2 Å². The second-order valence-corrected chi connectivity index (χ2v) is 5.36. The first-order chi connectivity index (χ1) is 9.45. The lowest BCUT2D eigenvalue weighted by molar-refractivity contribution is 0.568. The van der Waals surface area contributed by atoms with Crippen LogP contribution >= 0.6 is 15.9 Å². The molecule has 0 aliphatic heterocycles. The summed E-state index contributed by atoms with van der Waals surface area (Å²) in [7, 11) is 0. The Labute approximate surface area is 121 Å². The average Bonchev–Trinajstić information content (AvgIpc) is 2.77. The molecule has 0 amide bonds. The van der Waals surface area contributed by atoms with E-state index in [9.17, 15) is 8.78 Å². The van der Waals surface area contributed by atoms with Gasteiger partial charge in [-0.2, -0.15) is 0 Å². The van der Waals surface area contributed by atoms with Crippen molar-refractivity contribution in [2.24, 2.45) is 0 Å². The van der Waals surface area contributed by atoms with Crippen molar-refractivity contribution in [1.82, 2.24) is 4.98 Å². The van der Waals surface area contributed by atoms with Gasteiger partial charge in [0.15, 0.2) is 5.58 Å². The van der Waals surface area contributed by atoms with Gasteiger partial charge in [0.2, 0.25) is 5.89 Å². The summed E-state index contributed by atoms with van der Waals surface area (Å²) in [5, 5.41) is 0. The van der Waals surface area contributed by atoms with Gasteiger partial charge in [-0.3, -0.25) is 0 Å². The SMILES string of the molecule is Cc1cc(-c2nc3cc(Br)cc(N)c3o2)c(F)cc1F. The van der Waals surface area contributed by atoms with Gasteiger partial charge in [-0.05, 0) is 30.7 Å². The minimum atomic E-state index is -0.725. The van der Waals surface area contributed by atoms with Crippen molar-refractivity contribution < 1.29 is 13.2 Å². The molecule has 0 atom stereocenters. The van der Waals surface area contributed by atoms with Gasteiger partial charge in [0, 0.05) is 10.5 Å². The van der Waals surface area contributed by atoms with Crippen LogP contribution in [0.15, 0.2) is 33.2 Å². The van der Waals surface area contributed by atoms with E-state index in [1.54, 1.807) is 19.1 Å². The Hall–Kier alpha value is -1.95. The lowest BCUT2D eigenvalue weighted by atomic mass is 10.1. The summed E-state index contributed by atoms with van der Waals surface area (Å²) >= 11 is 3.30. The highest BCUT2D eigenvalue weighted by Crippen LogP contribution is 2.32. The van der Waals surface area contributed by atoms with Crippen LogP contribution in [0.3, 0.4) is 0 Å². The van der Waals surface area contributed by atoms with Crippen molar-refractivity contribution >= 4 is 32.7 Å². The van der Waals surface area contributed by atoms with E-state index in [0.29, 0.717) is 22.4 Å². The Morgan fingerprint density at radius 1 is 1.15 bits per heavy atom. The lowest BCUT2D eigenvalue weighted by Crippen LogP contribution is -1.90. The topological polar surface area (TPSA) is 52.0 Å². The molecule has 0 unspecified atom stereocenters. The Bertz CT molecular complexity index is 830. The summed E-state index contributed by atoms with van der Waals surface area (Å²) < 4.78 is 33.4. The fourth-order valence-electron chi connectivity index (χ4n) is 1.96. The van der Waals surface area contributed by atoms with E-state index in [2.05, 4.69) is 20.9 Å². The normalized spacial score (nSPS) is 11.2. The average molecular weight is 339 g/mol. The minimum Gasteiger partial charge on any atom is -0.434 e. The summed E-state index contributed by atoms with van der Waals surface area (Å²) in [5.41, 5.74) is 7.53. The first-order valence-corrected chi connectivity index (χ1v) is 6.56. The van der Waals surface area contributed by atoms with E-state index in [-0.39, 0.29) is 11.5 Å². The van der Waals surface area contributed by atoms with Crippen LogP contribution in [-0.4, -0.2) is 4.98 Å². The van der Waals surface area contributed by atoms with Crippen molar-refractivity contribution in [2.45, 2.75) is 6.92 Å². The summed E-state index contributed by atoms with van der Waals surface area (Å²) in [6.07, 6.45) is 0. The molecule has 0 spiro atoms. The molecule has 3 aromatic rings. The molecule has 1 heterocycles. The van der Waals surface area contributed by atoms with Gasteiger partial charge in [0.25, 0.3) is 0 Å². The van der Waals surface area contributed by atoms with E-state index in [0.717, 1.165) is 10.5 Å². The van der Waals surface area contributed by atoms with Crippen LogP contribution in [-0.2, 0) is 0 Å². The Kier molecular flexibility index (Phi) is 2.97. The predicted molar refractivity (Wildman–Crippen MR) is 76.2 cm³/mol. The highest BCUT2D eigenvalue weighted by molar-refractivity contribution is 9.10. The maximum atomic E-state index is 13.8. The molecule has 2 N–H and O–H groups in total. The number of hydrogen-bond acceptors (Lipinski definition) is 3. The van der Waals surface area contributed by atoms with Crippen LogP contribution in [0.5, 0.6) is 0 Å². The first kappa shape index (κ1) is 13.1. The quantitative estimate of drug-likeness (QED) is 0.668. The zero-order valence-corrected chi connectivity index (χ0v) is 12.0. The third-order valence-electron chi connectivity index (χ3n) is 2.96. The standard InChI is InChI=1S/C14H9BrF2N2O/c1-6-2-8(10(17)5-9(6)16)14-19-12-4-7(15)3-11(18)13(12)20-14/h2-5H,18H2,1H3. The summed E-state index contributed by atoms with van der Waals surface area (Å²) in [5.74, 6) is -1.26. The van der Waals surface area contributed by atoms with Gasteiger partial charge in [-0.15, -0.1) is 0 Å². The van der Waals surface area contributed by atoms with Crippen LogP contribution < -0.4 is 5.73 Å². The third kappa shape index (κ3) is 2.06. The summed E-state index contributed by atoms with van der Waals surface area (Å²) in [4.78, 5) is 4.20. The van der Waals surface area contributed by atoms with Gasteiger partial charge in [0.1, 0.15) is 17.2 Å². The fraction of sp³-hybridized carbons (Fsp3) is 0.0714. The number of fused-ring (bicyclic) bond motifs is 1. The van der Waals surface area contributed by atoms with Gasteiger partial charge >= 0.3 is 0 Å². The van der Waals surface area contributed by atoms with Crippen molar-refractivity contribution in [3.8, 4) is 11.5 Å². The van der Waals surface area contributed by atoms with Gasteiger partial charge in [0.05, 0.1) is 11.3 Å². The summed E-state index contributed by atoms with van der Waals surface area (Å²) in [6, 6.07) is 5.57. The zero-order valence-electron chi connectivity index (χ0n) is 10.4. The second-order valence-electron chi connectivity index (χ2n) is 4.44. The van der Waals surface area contributed by atoms with Crippen LogP contribution in [0, 0.1) is 18.6 Å². The molecule has 0 saturated heterocycles. The number of aromatic nitrogens is 1. The van der Waals surface area contributed by atoms with E-state index < -0.39 is 11.6 Å². The van der Waals surface area contributed by atoms with Crippen LogP contribution in [0.2, 0.25) is 0 Å². The van der Waals surface area contributed by atoms with Crippen LogP contribution in [0.25, 0.3) is 22.6 Å². The molecule has 20 heavy (non-hydrogen) atoms. The Balaban J connectivity index is 2.25. The number of nitrogens with zero attached hydrogens (tertiary/aromatic N) is 1. The molecule has 0 aliphatic rings. The molecule has 102 valence electrons. The number of benzene rings is 2. The number of halogens is 3. The number of hydrogen-bond donors (Lipinski definition) is 1. The minimum absolute atomic E-state index is 0.0744. The number of nitrogens with two attached hydrogens (primary N) is 1. The maximum Gasteiger partial charge on any atom is 0.230 e. The molecule has 0 aliphatic carbocycles. The van der Waals surface area contributed by atoms with Crippen LogP contribution in [0.4, 0.5) is 14.5 Å². The Morgan fingerprint density at radius 2 is 1.90 bits per heavy atom. The molecule has 0 fully saturated rings. The highest BCUT2D eigenvalue weighted by Gasteiger charge is 2.16. The molecule has 0 saturated carbocycles. The van der Waals surface area contributed by atoms with Crippen molar-refractivity contribution in [2.75, 3.05) is 5.73 Å². The molecule has 2 aromatic carbocycles. The largest absolute Gasteiger partial charge is 0.434 e. The predicted octanol–water partition coefficient (Wildman–Crippen LogP) is 4.43. The van der Waals surface area contributed by atoms with Crippen molar-refractivity contribution in [3.63, 3.8) is 0 Å². The lowest BCUT2D eigenvalue weighted by Gasteiger charge is -2.01. The molecule has 1 aromatic heterocycles. The van der Waals surface area contributed by atoms with Crippen LogP contribution in [0.1, 0.15) is 5.56 Å². The monoisotopic (exact) mass is 338 g/mol. The van der Waals surface area contributed by atoms with E-state index in [1.807, 2.05) is 0 Å². The maximum absolute atomic E-state index is 13.8. The first-order valence-electron chi connectivity index (χ1n) is 5.77. The van der Waals surface area contributed by atoms with Gasteiger partial charge in [-0.1, -0.05) is 15.9 Å². The fourth-order valence-corrected chi connectivity index (χ4v) is 2.42. The Morgan fingerprint density at radius 3 is 2.65 bits per heavy atom. The molecule has 3 nitrogen and oxygen atoms in total. The number of nitrogen functional groups attached to an aromatic ring is 1. The number of rotatable bonds is 1. The highest BCUT2D eigenvalue weighted by atomic mass is 79.9. The van der Waals surface area contributed by atoms with Crippen molar-refractivity contribution in [1.29, 1.82) is 0 Å². The van der Waals surface area contributed by atoms with E-state index in [4.69, 9.17) is 10.2 Å². The number of oxazole rings is 1. The molecular weight excluding hydrogens is 330 g/mol. The number of anilines is 1. The molecule has 0 bridgehead atoms. The number of aryl methyl sites for hydroxylation is 1.